The van der Waals surface area contributed by atoms with Gasteiger partial charge in [0, 0.05) is 6.04 Å². The number of furan rings is 1. The van der Waals surface area contributed by atoms with Gasteiger partial charge in [0.15, 0.2) is 10.8 Å². The Morgan fingerprint density at radius 2 is 1.85 bits per heavy atom. The van der Waals surface area contributed by atoms with Crippen LogP contribution < -0.4 is 5.32 Å². The number of rotatable bonds is 6. The second-order valence-electron chi connectivity index (χ2n) is 6.46. The monoisotopic (exact) mass is 380 g/mol. The number of nitrogens with one attached hydrogen (secondary N) is 1. The van der Waals surface area contributed by atoms with Crippen molar-refractivity contribution in [3.8, 4) is 16.5 Å². The minimum absolute atomic E-state index is 0.175. The lowest BCUT2D eigenvalue weighted by Gasteiger charge is -2.20. The van der Waals surface area contributed by atoms with Gasteiger partial charge >= 0.3 is 0 Å². The number of para-hydroxylation sites is 1. The number of aliphatic hydroxyl groups is 1. The molecular weight excluding hydrogens is 360 g/mol. The summed E-state index contributed by atoms with van der Waals surface area (Å²) < 4.78 is 7.06. The highest BCUT2D eigenvalue weighted by atomic mass is 32.1. The average molecular weight is 380 g/mol. The normalized spacial score (nSPS) is 13.7. The maximum Gasteiger partial charge on any atom is 0.163 e. The Hall–Kier alpha value is -2.67. The van der Waals surface area contributed by atoms with Gasteiger partial charge in [0.2, 0.25) is 0 Å². The zero-order valence-electron chi connectivity index (χ0n) is 14.8. The van der Waals surface area contributed by atoms with Crippen molar-refractivity contribution >= 4 is 21.6 Å². The van der Waals surface area contributed by atoms with E-state index < -0.39 is 6.10 Å². The minimum Gasteiger partial charge on any atom is -0.508 e. The molecule has 0 aliphatic rings. The molecule has 0 spiro atoms. The molecule has 5 nitrogen and oxygen atoms in total. The number of fused-ring (bicyclic) bond motifs is 1. The number of hydrogen-bond acceptors (Lipinski definition) is 6. The molecule has 0 radical (unpaired) electrons. The van der Waals surface area contributed by atoms with E-state index in [1.807, 2.05) is 43.3 Å². The summed E-state index contributed by atoms with van der Waals surface area (Å²) in [6, 6.07) is 18.3. The summed E-state index contributed by atoms with van der Waals surface area (Å²) in [6.45, 7) is 2.41. The van der Waals surface area contributed by atoms with Crippen molar-refractivity contribution in [1.29, 1.82) is 0 Å². The first kappa shape index (κ1) is 17.7. The molecule has 0 amide bonds. The first-order chi connectivity index (χ1) is 13.1. The molecule has 6 heteroatoms. The number of benzene rings is 2. The molecule has 0 saturated carbocycles. The van der Waals surface area contributed by atoms with Gasteiger partial charge in [-0.1, -0.05) is 24.3 Å². The SMILES string of the molecule is C[C@H](NCc1ccc(-c2nc3ccccc3s2)o1)[C@H](O)c1ccc(O)cc1. The Labute approximate surface area is 160 Å². The van der Waals surface area contributed by atoms with Gasteiger partial charge in [-0.2, -0.15) is 0 Å². The van der Waals surface area contributed by atoms with E-state index in [4.69, 9.17) is 4.42 Å². The summed E-state index contributed by atoms with van der Waals surface area (Å²) in [5.41, 5.74) is 1.72. The van der Waals surface area contributed by atoms with E-state index >= 15 is 0 Å². The molecule has 0 fully saturated rings. The standard InChI is InChI=1S/C21H20N2O3S/c1-13(20(25)14-6-8-15(24)9-7-14)22-12-16-10-11-18(26-16)21-23-17-4-2-3-5-19(17)27-21/h2-11,13,20,22,24-25H,12H2,1H3/t13-,20-/m0/s1. The second-order valence-corrected chi connectivity index (χ2v) is 7.49. The molecule has 4 rings (SSSR count). The zero-order chi connectivity index (χ0) is 18.8. The van der Waals surface area contributed by atoms with E-state index in [9.17, 15) is 10.2 Å². The van der Waals surface area contributed by atoms with Gasteiger partial charge in [-0.15, -0.1) is 11.3 Å². The Morgan fingerprint density at radius 1 is 1.07 bits per heavy atom. The third kappa shape index (κ3) is 3.88. The van der Waals surface area contributed by atoms with Crippen LogP contribution in [0.15, 0.2) is 65.1 Å². The van der Waals surface area contributed by atoms with Crippen molar-refractivity contribution in [2.45, 2.75) is 25.6 Å². The number of phenols is 1. The fourth-order valence-electron chi connectivity index (χ4n) is 2.90. The number of aromatic nitrogens is 1. The molecule has 2 aromatic carbocycles. The molecule has 0 aliphatic carbocycles. The number of hydrogen-bond donors (Lipinski definition) is 3. The van der Waals surface area contributed by atoms with Crippen LogP contribution in [0.3, 0.4) is 0 Å². The summed E-state index contributed by atoms with van der Waals surface area (Å²) >= 11 is 1.61. The molecule has 2 aromatic heterocycles. The van der Waals surface area contributed by atoms with Crippen molar-refractivity contribution in [3.05, 3.63) is 72.0 Å². The smallest absolute Gasteiger partial charge is 0.163 e. The molecule has 0 bridgehead atoms. The lowest BCUT2D eigenvalue weighted by molar-refractivity contribution is 0.134. The maximum absolute atomic E-state index is 10.4. The van der Waals surface area contributed by atoms with Crippen molar-refractivity contribution < 1.29 is 14.6 Å². The predicted octanol–water partition coefficient (Wildman–Crippen LogP) is 4.47. The van der Waals surface area contributed by atoms with Gasteiger partial charge in [0.1, 0.15) is 11.5 Å². The molecule has 3 N–H and O–H groups in total. The number of aromatic hydroxyl groups is 1. The van der Waals surface area contributed by atoms with Crippen LogP contribution in [0.4, 0.5) is 0 Å². The molecule has 2 heterocycles. The van der Waals surface area contributed by atoms with Crippen LogP contribution in [0, 0.1) is 0 Å². The minimum atomic E-state index is -0.677. The van der Waals surface area contributed by atoms with Crippen LogP contribution in [-0.2, 0) is 6.54 Å². The quantitative estimate of drug-likeness (QED) is 0.460. The fraction of sp³-hybridized carbons (Fsp3) is 0.190. The molecule has 4 aromatic rings. The summed E-state index contributed by atoms with van der Waals surface area (Å²) in [5, 5.41) is 23.9. The van der Waals surface area contributed by atoms with E-state index in [1.165, 1.54) is 0 Å². The molecule has 0 saturated heterocycles. The van der Waals surface area contributed by atoms with Gasteiger partial charge < -0.3 is 19.9 Å². The molecule has 0 unspecified atom stereocenters. The van der Waals surface area contributed by atoms with Gasteiger partial charge in [-0.3, -0.25) is 0 Å². The van der Waals surface area contributed by atoms with Crippen LogP contribution in [0.25, 0.3) is 21.0 Å². The van der Waals surface area contributed by atoms with Crippen molar-refractivity contribution in [3.63, 3.8) is 0 Å². The average Bonchev–Trinajstić information content (AvgIpc) is 3.32. The highest BCUT2D eigenvalue weighted by Crippen LogP contribution is 2.31. The fourth-order valence-corrected chi connectivity index (χ4v) is 3.83. The number of aliphatic hydroxyl groups excluding tert-OH is 1. The Kier molecular flexibility index (Phi) is 4.94. The highest BCUT2D eigenvalue weighted by molar-refractivity contribution is 7.21. The van der Waals surface area contributed by atoms with E-state index in [2.05, 4.69) is 10.3 Å². The van der Waals surface area contributed by atoms with Crippen LogP contribution in [0.5, 0.6) is 5.75 Å². The molecule has 27 heavy (non-hydrogen) atoms. The van der Waals surface area contributed by atoms with E-state index in [1.54, 1.807) is 35.6 Å². The third-order valence-corrected chi connectivity index (χ3v) is 5.52. The highest BCUT2D eigenvalue weighted by Gasteiger charge is 2.17. The molecular formula is C21H20N2O3S. The van der Waals surface area contributed by atoms with Gasteiger partial charge in [0.05, 0.1) is 22.9 Å². The van der Waals surface area contributed by atoms with Gasteiger partial charge in [-0.05, 0) is 48.9 Å². The van der Waals surface area contributed by atoms with Crippen molar-refractivity contribution in [1.82, 2.24) is 10.3 Å². The van der Waals surface area contributed by atoms with Crippen LogP contribution in [-0.4, -0.2) is 21.2 Å². The largest absolute Gasteiger partial charge is 0.508 e. The molecule has 0 aliphatic heterocycles. The zero-order valence-corrected chi connectivity index (χ0v) is 15.6. The first-order valence-electron chi connectivity index (χ1n) is 8.75. The van der Waals surface area contributed by atoms with E-state index in [-0.39, 0.29) is 11.8 Å². The summed E-state index contributed by atoms with van der Waals surface area (Å²) in [4.78, 5) is 4.61. The van der Waals surface area contributed by atoms with Crippen molar-refractivity contribution in [2.75, 3.05) is 0 Å². The predicted molar refractivity (Wildman–Crippen MR) is 107 cm³/mol. The van der Waals surface area contributed by atoms with E-state index in [0.29, 0.717) is 6.54 Å². The van der Waals surface area contributed by atoms with Gasteiger partial charge in [-0.25, -0.2) is 4.98 Å². The lowest BCUT2D eigenvalue weighted by Crippen LogP contribution is -2.31. The lowest BCUT2D eigenvalue weighted by atomic mass is 10.0. The summed E-state index contributed by atoms with van der Waals surface area (Å²) in [7, 11) is 0. The summed E-state index contributed by atoms with van der Waals surface area (Å²) in [5.74, 6) is 1.72. The maximum atomic E-state index is 10.4. The first-order valence-corrected chi connectivity index (χ1v) is 9.57. The Bertz CT molecular complexity index is 1010. The molecule has 2 atom stereocenters. The van der Waals surface area contributed by atoms with Crippen molar-refractivity contribution in [2.24, 2.45) is 0 Å². The third-order valence-electron chi connectivity index (χ3n) is 4.47. The summed E-state index contributed by atoms with van der Waals surface area (Å²) in [6.07, 6.45) is -0.677. The molecule has 138 valence electrons. The van der Waals surface area contributed by atoms with Crippen LogP contribution in [0.1, 0.15) is 24.4 Å². The second kappa shape index (κ2) is 7.52. The number of thiazole rings is 1. The number of phenolic OH excluding ortho intramolecular Hbond substituents is 1. The Morgan fingerprint density at radius 3 is 2.63 bits per heavy atom. The van der Waals surface area contributed by atoms with Gasteiger partial charge in [0.25, 0.3) is 0 Å². The van der Waals surface area contributed by atoms with Crippen LogP contribution in [0.2, 0.25) is 0 Å². The topological polar surface area (TPSA) is 78.5 Å². The van der Waals surface area contributed by atoms with Crippen LogP contribution >= 0.6 is 11.3 Å². The Balaban J connectivity index is 1.41. The van der Waals surface area contributed by atoms with E-state index in [0.717, 1.165) is 32.3 Å². The number of nitrogens with zero attached hydrogens (tertiary/aromatic N) is 1.